The molecule has 1 N–H and O–H groups in total. The van der Waals surface area contributed by atoms with Gasteiger partial charge in [-0.25, -0.2) is 4.39 Å². The van der Waals surface area contributed by atoms with E-state index in [1.54, 1.807) is 19.2 Å². The van der Waals surface area contributed by atoms with E-state index in [1.807, 2.05) is 13.0 Å². The Balaban J connectivity index is 2.74. The van der Waals surface area contributed by atoms with Gasteiger partial charge in [0.05, 0.1) is 5.69 Å². The SMILES string of the molecule is COCCC(C)Nc1cccc(F)c1C#N. The van der Waals surface area contributed by atoms with Crippen molar-refractivity contribution in [1.29, 1.82) is 5.26 Å². The van der Waals surface area contributed by atoms with Gasteiger partial charge >= 0.3 is 0 Å². The number of halogens is 1. The third-order valence-electron chi connectivity index (χ3n) is 2.28. The van der Waals surface area contributed by atoms with Crippen molar-refractivity contribution < 1.29 is 9.13 Å². The number of rotatable bonds is 5. The van der Waals surface area contributed by atoms with Gasteiger partial charge in [0.1, 0.15) is 17.4 Å². The molecule has 0 fully saturated rings. The van der Waals surface area contributed by atoms with E-state index in [0.29, 0.717) is 12.3 Å². The lowest BCUT2D eigenvalue weighted by Gasteiger charge is -2.15. The summed E-state index contributed by atoms with van der Waals surface area (Å²) < 4.78 is 18.2. The maximum absolute atomic E-state index is 13.3. The van der Waals surface area contributed by atoms with Crippen LogP contribution in [0.4, 0.5) is 10.1 Å². The minimum atomic E-state index is -0.494. The number of benzene rings is 1. The zero-order valence-corrected chi connectivity index (χ0v) is 9.46. The number of ether oxygens (including phenoxy) is 1. The highest BCUT2D eigenvalue weighted by atomic mass is 19.1. The maximum atomic E-state index is 13.3. The largest absolute Gasteiger partial charge is 0.385 e. The van der Waals surface area contributed by atoms with Gasteiger partial charge < -0.3 is 10.1 Å². The fourth-order valence-corrected chi connectivity index (χ4v) is 1.39. The van der Waals surface area contributed by atoms with E-state index in [4.69, 9.17) is 10.00 Å². The zero-order valence-electron chi connectivity index (χ0n) is 9.46. The van der Waals surface area contributed by atoms with Crippen molar-refractivity contribution in [1.82, 2.24) is 0 Å². The molecule has 0 spiro atoms. The molecule has 4 heteroatoms. The van der Waals surface area contributed by atoms with E-state index in [2.05, 4.69) is 5.32 Å². The zero-order chi connectivity index (χ0) is 12.0. The lowest BCUT2D eigenvalue weighted by atomic mass is 10.1. The number of nitrogens with zero attached hydrogens (tertiary/aromatic N) is 1. The van der Waals surface area contributed by atoms with Gasteiger partial charge in [-0.05, 0) is 25.5 Å². The number of methoxy groups -OCH3 is 1. The first-order valence-corrected chi connectivity index (χ1v) is 5.13. The Bertz CT molecular complexity index is 387. The van der Waals surface area contributed by atoms with Crippen molar-refractivity contribution in [3.63, 3.8) is 0 Å². The summed E-state index contributed by atoms with van der Waals surface area (Å²) in [6, 6.07) is 6.56. The lowest BCUT2D eigenvalue weighted by molar-refractivity contribution is 0.191. The van der Waals surface area contributed by atoms with Crippen molar-refractivity contribution in [2.45, 2.75) is 19.4 Å². The van der Waals surface area contributed by atoms with Crippen LogP contribution >= 0.6 is 0 Å². The minimum Gasteiger partial charge on any atom is -0.385 e. The Morgan fingerprint density at radius 3 is 2.94 bits per heavy atom. The summed E-state index contributed by atoms with van der Waals surface area (Å²) >= 11 is 0. The van der Waals surface area contributed by atoms with Crippen LogP contribution in [0.2, 0.25) is 0 Å². The van der Waals surface area contributed by atoms with E-state index < -0.39 is 5.82 Å². The maximum Gasteiger partial charge on any atom is 0.143 e. The molecular weight excluding hydrogens is 207 g/mol. The van der Waals surface area contributed by atoms with Crippen LogP contribution in [0.1, 0.15) is 18.9 Å². The van der Waals surface area contributed by atoms with Gasteiger partial charge in [-0.15, -0.1) is 0 Å². The second-order valence-corrected chi connectivity index (χ2v) is 3.60. The highest BCUT2D eigenvalue weighted by Gasteiger charge is 2.09. The van der Waals surface area contributed by atoms with Crippen LogP contribution in [0.15, 0.2) is 18.2 Å². The summed E-state index contributed by atoms with van der Waals surface area (Å²) in [5.41, 5.74) is 0.595. The monoisotopic (exact) mass is 222 g/mol. The van der Waals surface area contributed by atoms with Gasteiger partial charge in [0.25, 0.3) is 0 Å². The Morgan fingerprint density at radius 1 is 1.56 bits per heavy atom. The molecule has 0 saturated heterocycles. The van der Waals surface area contributed by atoms with Gasteiger partial charge in [-0.3, -0.25) is 0 Å². The topological polar surface area (TPSA) is 45.0 Å². The molecule has 0 aliphatic carbocycles. The van der Waals surface area contributed by atoms with Crippen LogP contribution < -0.4 is 5.32 Å². The average molecular weight is 222 g/mol. The van der Waals surface area contributed by atoms with Crippen LogP contribution in [0.25, 0.3) is 0 Å². The van der Waals surface area contributed by atoms with Crippen molar-refractivity contribution in [3.05, 3.63) is 29.6 Å². The van der Waals surface area contributed by atoms with Crippen molar-refractivity contribution in [3.8, 4) is 6.07 Å². The summed E-state index contributed by atoms with van der Waals surface area (Å²) in [5, 5.41) is 11.9. The van der Waals surface area contributed by atoms with E-state index in [9.17, 15) is 4.39 Å². The van der Waals surface area contributed by atoms with Crippen LogP contribution in [0, 0.1) is 17.1 Å². The molecular formula is C12H15FN2O. The van der Waals surface area contributed by atoms with Crippen molar-refractivity contribution in [2.24, 2.45) is 0 Å². The predicted octanol–water partition coefficient (Wildman–Crippen LogP) is 2.53. The molecule has 3 nitrogen and oxygen atoms in total. The Morgan fingerprint density at radius 2 is 2.31 bits per heavy atom. The number of nitrogens with one attached hydrogen (secondary N) is 1. The molecule has 0 aliphatic heterocycles. The van der Waals surface area contributed by atoms with Crippen molar-refractivity contribution >= 4 is 5.69 Å². The van der Waals surface area contributed by atoms with E-state index in [0.717, 1.165) is 6.42 Å². The molecule has 0 heterocycles. The number of hydrogen-bond acceptors (Lipinski definition) is 3. The van der Waals surface area contributed by atoms with Gasteiger partial charge in [-0.1, -0.05) is 6.07 Å². The molecule has 1 unspecified atom stereocenters. The highest BCUT2D eigenvalue weighted by molar-refractivity contribution is 5.58. The molecule has 0 aliphatic rings. The fraction of sp³-hybridized carbons (Fsp3) is 0.417. The lowest BCUT2D eigenvalue weighted by Crippen LogP contribution is -2.18. The Hall–Kier alpha value is -1.60. The second kappa shape index (κ2) is 6.09. The predicted molar refractivity (Wildman–Crippen MR) is 60.7 cm³/mol. The molecule has 16 heavy (non-hydrogen) atoms. The van der Waals surface area contributed by atoms with Gasteiger partial charge in [0.15, 0.2) is 0 Å². The number of anilines is 1. The molecule has 86 valence electrons. The molecule has 1 atom stereocenters. The van der Waals surface area contributed by atoms with E-state index in [1.165, 1.54) is 6.07 Å². The Labute approximate surface area is 94.8 Å². The summed E-state index contributed by atoms with van der Waals surface area (Å²) in [7, 11) is 1.63. The second-order valence-electron chi connectivity index (χ2n) is 3.60. The number of hydrogen-bond donors (Lipinski definition) is 1. The van der Waals surface area contributed by atoms with Crippen LogP contribution in [0.5, 0.6) is 0 Å². The first-order valence-electron chi connectivity index (χ1n) is 5.13. The van der Waals surface area contributed by atoms with Crippen molar-refractivity contribution in [2.75, 3.05) is 19.0 Å². The summed E-state index contributed by atoms with van der Waals surface area (Å²) in [6.07, 6.45) is 0.803. The average Bonchev–Trinajstić information content (AvgIpc) is 2.27. The van der Waals surface area contributed by atoms with Gasteiger partial charge in [-0.2, -0.15) is 5.26 Å². The van der Waals surface area contributed by atoms with Gasteiger partial charge in [0.2, 0.25) is 0 Å². The molecule has 1 rings (SSSR count). The van der Waals surface area contributed by atoms with Gasteiger partial charge in [0, 0.05) is 19.8 Å². The van der Waals surface area contributed by atoms with E-state index in [-0.39, 0.29) is 11.6 Å². The summed E-state index contributed by atoms with van der Waals surface area (Å²) in [5.74, 6) is -0.494. The molecule has 0 radical (unpaired) electrons. The molecule has 0 bridgehead atoms. The Kier molecular flexibility index (Phi) is 4.74. The standard InChI is InChI=1S/C12H15FN2O/c1-9(6-7-16-2)15-12-5-3-4-11(13)10(12)8-14/h3-5,9,15H,6-7H2,1-2H3. The summed E-state index contributed by atoms with van der Waals surface area (Å²) in [4.78, 5) is 0. The molecule has 1 aromatic rings. The quantitative estimate of drug-likeness (QED) is 0.832. The molecule has 1 aromatic carbocycles. The minimum absolute atomic E-state index is 0.0618. The highest BCUT2D eigenvalue weighted by Crippen LogP contribution is 2.19. The molecule has 0 amide bonds. The third kappa shape index (κ3) is 3.21. The number of nitriles is 1. The van der Waals surface area contributed by atoms with Crippen LogP contribution in [0.3, 0.4) is 0 Å². The third-order valence-corrected chi connectivity index (χ3v) is 2.28. The van der Waals surface area contributed by atoms with E-state index >= 15 is 0 Å². The smallest absolute Gasteiger partial charge is 0.143 e. The fourth-order valence-electron chi connectivity index (χ4n) is 1.39. The normalized spacial score (nSPS) is 11.9. The summed E-state index contributed by atoms with van der Waals surface area (Å²) in [6.45, 7) is 2.59. The molecule has 0 aromatic heterocycles. The first kappa shape index (κ1) is 12.5. The van der Waals surface area contributed by atoms with Crippen LogP contribution in [-0.2, 0) is 4.74 Å². The first-order chi connectivity index (χ1) is 7.69. The molecule has 0 saturated carbocycles. The van der Waals surface area contributed by atoms with Crippen LogP contribution in [-0.4, -0.2) is 19.8 Å².